The van der Waals surface area contributed by atoms with Crippen LogP contribution >= 0.6 is 0 Å². The van der Waals surface area contributed by atoms with Crippen molar-refractivity contribution in [3.63, 3.8) is 0 Å². The van der Waals surface area contributed by atoms with Gasteiger partial charge in [-0.15, -0.1) is 0 Å². The molecule has 2 aliphatic rings. The minimum Gasteiger partial charge on any atom is -0.497 e. The fourth-order valence-electron chi connectivity index (χ4n) is 5.05. The van der Waals surface area contributed by atoms with Gasteiger partial charge in [-0.25, -0.2) is 18.0 Å². The third-order valence-corrected chi connectivity index (χ3v) is 8.86. The van der Waals surface area contributed by atoms with Crippen LogP contribution in [0.3, 0.4) is 0 Å². The number of nitrogens with zero attached hydrogens (tertiary/aromatic N) is 1. The molecule has 5 atom stereocenters. The summed E-state index contributed by atoms with van der Waals surface area (Å²) in [5, 5.41) is 16.8. The van der Waals surface area contributed by atoms with Gasteiger partial charge in [0.25, 0.3) is 0 Å². The van der Waals surface area contributed by atoms with Gasteiger partial charge in [-0.2, -0.15) is 4.31 Å². The molecule has 1 saturated heterocycles. The predicted molar refractivity (Wildman–Crippen MR) is 146 cm³/mol. The van der Waals surface area contributed by atoms with Crippen molar-refractivity contribution in [3.05, 3.63) is 60.2 Å². The van der Waals surface area contributed by atoms with E-state index in [2.05, 4.69) is 10.6 Å². The van der Waals surface area contributed by atoms with Crippen LogP contribution in [-0.2, 0) is 25.9 Å². The number of nitrogens with one attached hydrogen (secondary N) is 2. The molecule has 4 rings (SSSR count). The molecule has 2 aromatic carbocycles. The van der Waals surface area contributed by atoms with E-state index in [9.17, 15) is 23.1 Å². The second kappa shape index (κ2) is 12.9. The molecule has 11 nitrogen and oxygen atoms in total. The lowest BCUT2D eigenvalue weighted by atomic mass is 10.0. The van der Waals surface area contributed by atoms with E-state index >= 15 is 0 Å². The number of sulfonamides is 1. The molecule has 3 N–H and O–H groups in total. The molecule has 1 aliphatic heterocycles. The number of carbonyl (C=O) groups excluding carboxylic acids is 2. The van der Waals surface area contributed by atoms with Crippen LogP contribution in [0, 0.1) is 5.92 Å². The third kappa shape index (κ3) is 7.43. The molecule has 40 heavy (non-hydrogen) atoms. The topological polar surface area (TPSA) is 144 Å². The van der Waals surface area contributed by atoms with Gasteiger partial charge in [0.1, 0.15) is 18.0 Å². The summed E-state index contributed by atoms with van der Waals surface area (Å²) in [6.45, 7) is 3.72. The quantitative estimate of drug-likeness (QED) is 0.351. The number of ether oxygens (including phenoxy) is 3. The van der Waals surface area contributed by atoms with Crippen molar-refractivity contribution >= 4 is 22.2 Å². The second-order valence-corrected chi connectivity index (χ2v) is 12.5. The van der Waals surface area contributed by atoms with Crippen molar-refractivity contribution in [1.82, 2.24) is 14.9 Å². The van der Waals surface area contributed by atoms with Crippen LogP contribution < -0.4 is 15.4 Å². The fourth-order valence-corrected chi connectivity index (χ4v) is 6.68. The number of fused-ring (bicyclic) bond motifs is 1. The lowest BCUT2D eigenvalue weighted by Crippen LogP contribution is -2.51. The Hall–Kier alpha value is -3.35. The number of amides is 2. The maximum Gasteiger partial charge on any atom is 0.407 e. The summed E-state index contributed by atoms with van der Waals surface area (Å²) in [4.78, 5) is 24.4. The molecule has 0 radical (unpaired) electrons. The molecule has 2 amide bonds. The molecular formula is C28H37N3O8S. The number of rotatable bonds is 12. The lowest BCUT2D eigenvalue weighted by Gasteiger charge is -2.31. The summed E-state index contributed by atoms with van der Waals surface area (Å²) < 4.78 is 44.3. The van der Waals surface area contributed by atoms with E-state index in [0.717, 1.165) is 5.56 Å². The first-order valence-electron chi connectivity index (χ1n) is 13.4. The predicted octanol–water partition coefficient (Wildman–Crippen LogP) is 2.68. The van der Waals surface area contributed by atoms with E-state index in [-0.39, 0.29) is 42.5 Å². The van der Waals surface area contributed by atoms with E-state index in [0.29, 0.717) is 18.6 Å². The summed E-state index contributed by atoms with van der Waals surface area (Å²) in [7, 11) is -2.46. The maximum atomic E-state index is 13.6. The van der Waals surface area contributed by atoms with Crippen molar-refractivity contribution < 1.29 is 37.3 Å². The molecule has 218 valence electrons. The number of hydrogen-bond donors (Lipinski definition) is 3. The smallest absolute Gasteiger partial charge is 0.407 e. The van der Waals surface area contributed by atoms with Gasteiger partial charge in [0.05, 0.1) is 30.2 Å². The summed E-state index contributed by atoms with van der Waals surface area (Å²) in [5.41, 5.74) is 0.854. The van der Waals surface area contributed by atoms with Crippen molar-refractivity contribution in [1.29, 1.82) is 0 Å². The van der Waals surface area contributed by atoms with Crippen LogP contribution in [0.5, 0.6) is 5.75 Å². The van der Waals surface area contributed by atoms with Crippen molar-refractivity contribution in [2.24, 2.45) is 5.92 Å². The molecular weight excluding hydrogens is 538 g/mol. The van der Waals surface area contributed by atoms with Crippen molar-refractivity contribution in [2.75, 3.05) is 20.2 Å². The third-order valence-electron chi connectivity index (χ3n) is 7.02. The molecule has 12 heteroatoms. The van der Waals surface area contributed by atoms with Gasteiger partial charge in [-0.05, 0) is 42.2 Å². The molecule has 0 spiro atoms. The number of hydrogen-bond acceptors (Lipinski definition) is 8. The highest BCUT2D eigenvalue weighted by Gasteiger charge is 2.44. The summed E-state index contributed by atoms with van der Waals surface area (Å²) >= 11 is 0. The maximum absolute atomic E-state index is 13.6. The van der Waals surface area contributed by atoms with Gasteiger partial charge in [-0.1, -0.05) is 44.2 Å². The van der Waals surface area contributed by atoms with Crippen molar-refractivity contribution in [3.8, 4) is 5.75 Å². The average Bonchev–Trinajstić information content (AvgIpc) is 3.44. The van der Waals surface area contributed by atoms with Crippen molar-refractivity contribution in [2.45, 2.75) is 68.4 Å². The van der Waals surface area contributed by atoms with Crippen LogP contribution in [0.4, 0.5) is 9.59 Å². The zero-order valence-electron chi connectivity index (χ0n) is 22.9. The molecule has 1 saturated carbocycles. The molecule has 1 heterocycles. The van der Waals surface area contributed by atoms with E-state index in [1.807, 2.05) is 44.2 Å². The van der Waals surface area contributed by atoms with Gasteiger partial charge in [0.2, 0.25) is 10.0 Å². The van der Waals surface area contributed by atoms with Crippen LogP contribution in [0.2, 0.25) is 0 Å². The van der Waals surface area contributed by atoms with Gasteiger partial charge in [0, 0.05) is 25.9 Å². The average molecular weight is 576 g/mol. The number of aliphatic hydroxyl groups is 1. The minimum atomic E-state index is -3.96. The Kier molecular flexibility index (Phi) is 9.54. The molecule has 1 aliphatic carbocycles. The standard InChI is InChI=1S/C28H37N3O8S/c1-18(2)16-31(40(35,36)22-11-9-20(37-3)10-12-22)17-25(32)23(13-19-7-5-4-6-8-19)29-27(33)38-21-14-24-26(15-21)39-28(34)30-24/h4-12,18,21,23-26,32H,13-17H2,1-3H3,(H,29,33)(H,30,34)/t21-,23+,24+,25-,26-/m1/s1. The Morgan fingerprint density at radius 3 is 2.45 bits per heavy atom. The van der Waals surface area contributed by atoms with Gasteiger partial charge < -0.3 is 30.0 Å². The highest BCUT2D eigenvalue weighted by molar-refractivity contribution is 7.89. The monoisotopic (exact) mass is 575 g/mol. The first-order chi connectivity index (χ1) is 19.0. The fraction of sp³-hybridized carbons (Fsp3) is 0.500. The molecule has 0 aromatic heterocycles. The largest absolute Gasteiger partial charge is 0.497 e. The van der Waals surface area contributed by atoms with Gasteiger partial charge in [-0.3, -0.25) is 0 Å². The molecule has 2 fully saturated rings. The van der Waals surface area contributed by atoms with E-state index in [1.54, 1.807) is 12.1 Å². The zero-order valence-corrected chi connectivity index (χ0v) is 23.7. The Bertz CT molecular complexity index is 1240. The Balaban J connectivity index is 1.48. The SMILES string of the molecule is COc1ccc(S(=O)(=O)N(CC(C)C)C[C@@H](O)[C@H](Cc2ccccc2)NC(=O)O[C@@H]2C[C@@H]3NC(=O)O[C@@H]3C2)cc1. The molecule has 0 unspecified atom stereocenters. The van der Waals surface area contributed by atoms with Crippen LogP contribution in [0.25, 0.3) is 0 Å². The Morgan fingerprint density at radius 1 is 1.12 bits per heavy atom. The Labute approximate surface area is 234 Å². The van der Waals surface area contributed by atoms with Crippen LogP contribution in [-0.4, -0.2) is 80.6 Å². The number of carbonyl (C=O) groups is 2. The normalized spacial score (nSPS) is 21.9. The van der Waals surface area contributed by atoms with Crippen LogP contribution in [0.15, 0.2) is 59.5 Å². The van der Waals surface area contributed by atoms with Crippen LogP contribution in [0.1, 0.15) is 32.3 Å². The van der Waals surface area contributed by atoms with E-state index < -0.39 is 40.5 Å². The second-order valence-electron chi connectivity index (χ2n) is 10.6. The first-order valence-corrected chi connectivity index (χ1v) is 14.8. The molecule has 2 aromatic rings. The lowest BCUT2D eigenvalue weighted by molar-refractivity contribution is 0.0646. The van der Waals surface area contributed by atoms with Gasteiger partial charge in [0.15, 0.2) is 0 Å². The van der Waals surface area contributed by atoms with Gasteiger partial charge >= 0.3 is 12.2 Å². The number of benzene rings is 2. The van der Waals surface area contributed by atoms with E-state index in [1.165, 1.54) is 23.5 Å². The molecule has 0 bridgehead atoms. The first kappa shape index (κ1) is 29.6. The minimum absolute atomic E-state index is 0.0183. The van der Waals surface area contributed by atoms with E-state index in [4.69, 9.17) is 14.2 Å². The number of methoxy groups -OCH3 is 1. The summed E-state index contributed by atoms with van der Waals surface area (Å²) in [6.07, 6.45) is -2.19. The number of alkyl carbamates (subject to hydrolysis) is 2. The summed E-state index contributed by atoms with van der Waals surface area (Å²) in [5.74, 6) is 0.509. The summed E-state index contributed by atoms with van der Waals surface area (Å²) in [6, 6.07) is 14.3. The zero-order chi connectivity index (χ0) is 28.9. The highest BCUT2D eigenvalue weighted by Crippen LogP contribution is 2.29. The number of aliphatic hydroxyl groups excluding tert-OH is 1. The highest BCUT2D eigenvalue weighted by atomic mass is 32.2. The Morgan fingerprint density at radius 2 is 1.82 bits per heavy atom.